The topological polar surface area (TPSA) is 196 Å². The molecule has 13 nitrogen and oxygen atoms in total. The van der Waals surface area contributed by atoms with Crippen LogP contribution in [0.4, 0.5) is 26.3 Å². The van der Waals surface area contributed by atoms with Gasteiger partial charge in [-0.2, -0.15) is 26.3 Å². The van der Waals surface area contributed by atoms with Gasteiger partial charge in [0, 0.05) is 34.8 Å². The second-order valence-corrected chi connectivity index (χ2v) is 20.3. The third-order valence-electron chi connectivity index (χ3n) is 8.31. The van der Waals surface area contributed by atoms with Crippen LogP contribution in [0.25, 0.3) is 0 Å². The molecule has 2 heterocycles. The van der Waals surface area contributed by atoms with E-state index in [1.807, 2.05) is 6.92 Å². The number of carbonyl (C=O) groups excluding carboxylic acids is 2. The number of aromatic nitrogens is 4. The van der Waals surface area contributed by atoms with E-state index in [2.05, 4.69) is 49.5 Å². The summed E-state index contributed by atoms with van der Waals surface area (Å²) in [7, 11) is -8.41. The maximum absolute atomic E-state index is 13.3. The number of halogens is 9. The van der Waals surface area contributed by atoms with Crippen molar-refractivity contribution < 1.29 is 119 Å². The summed E-state index contributed by atoms with van der Waals surface area (Å²) >= 11 is 14.0. The van der Waals surface area contributed by atoms with E-state index in [0.29, 0.717) is 6.42 Å². The summed E-state index contributed by atoms with van der Waals surface area (Å²) in [4.78, 5) is 39.4. The number of nitrogens with zero attached hydrogens (tertiary/aromatic N) is 4. The van der Waals surface area contributed by atoms with Crippen molar-refractivity contribution in [3.8, 4) is 0 Å². The Morgan fingerprint density at radius 1 is 0.697 bits per heavy atom. The number of benzene rings is 2. The Kier molecular flexibility index (Phi) is 28.3. The fourth-order valence-electron chi connectivity index (χ4n) is 5.12. The number of alkyl halides is 7. The van der Waals surface area contributed by atoms with E-state index in [4.69, 9.17) is 32.7 Å². The van der Waals surface area contributed by atoms with Gasteiger partial charge in [0.05, 0.1) is 53.0 Å². The molecule has 0 aliphatic heterocycles. The molecule has 0 spiro atoms. The van der Waals surface area contributed by atoms with Crippen LogP contribution < -0.4 is 56.5 Å². The minimum Gasteiger partial charge on any atom is -0.850 e. The summed E-state index contributed by atoms with van der Waals surface area (Å²) in [6.45, 7) is 12.1. The van der Waals surface area contributed by atoms with Crippen molar-refractivity contribution in [2.45, 2.75) is 102 Å². The van der Waals surface area contributed by atoms with E-state index in [-0.39, 0.29) is 104 Å². The molecule has 0 aliphatic rings. The molecule has 1 atom stereocenters. The SMILES string of the molecule is CCC(C)(C)[O-].CCI.CCOC(=O)c1nccnc1C(CC)S(=O)(=O)Cc1c(Cl)cccc1C(F)(F)F.CCOC(=O)c1nccnc1CS(=O)(=O)Cc1c(Cl)cccc1C(F)(F)F.[K+]. The van der Waals surface area contributed by atoms with Crippen LogP contribution in [0.3, 0.4) is 0 Å². The number of esters is 2. The molecule has 25 heteroatoms. The van der Waals surface area contributed by atoms with Gasteiger partial charge >= 0.3 is 75.7 Å². The summed E-state index contributed by atoms with van der Waals surface area (Å²) in [6.07, 6.45) is -4.12. The van der Waals surface area contributed by atoms with Crippen LogP contribution in [0.15, 0.2) is 61.2 Å². The van der Waals surface area contributed by atoms with Gasteiger partial charge in [0.15, 0.2) is 31.1 Å². The molecular formula is C41H48Cl2F6IKN4O9S2. The van der Waals surface area contributed by atoms with E-state index in [1.54, 1.807) is 27.7 Å². The number of rotatable bonds is 14. The summed E-state index contributed by atoms with van der Waals surface area (Å²) < 4.78 is 141. The first kappa shape index (κ1) is 63.9. The van der Waals surface area contributed by atoms with Gasteiger partial charge in [0.2, 0.25) is 0 Å². The summed E-state index contributed by atoms with van der Waals surface area (Å²) in [5, 5.41) is 8.47. The van der Waals surface area contributed by atoms with E-state index in [1.165, 1.54) is 48.3 Å². The average Bonchev–Trinajstić information content (AvgIpc) is 3.19. The molecule has 4 aromatic rings. The molecule has 4 rings (SSSR count). The van der Waals surface area contributed by atoms with E-state index in [9.17, 15) is 57.9 Å². The maximum Gasteiger partial charge on any atom is 1.00 e. The van der Waals surface area contributed by atoms with Crippen LogP contribution in [-0.4, -0.2) is 72.0 Å². The predicted octanol–water partition coefficient (Wildman–Crippen LogP) is 6.81. The molecule has 0 saturated heterocycles. The normalized spacial score (nSPS) is 12.1. The number of sulfone groups is 2. The minimum absolute atomic E-state index is 0. The van der Waals surface area contributed by atoms with Gasteiger partial charge in [0.1, 0.15) is 5.25 Å². The number of carbonyl (C=O) groups is 2. The van der Waals surface area contributed by atoms with Crippen molar-refractivity contribution in [2.75, 3.05) is 17.6 Å². The Hall–Kier alpha value is -2.07. The Morgan fingerprint density at radius 3 is 1.50 bits per heavy atom. The Morgan fingerprint density at radius 2 is 1.09 bits per heavy atom. The van der Waals surface area contributed by atoms with Crippen molar-refractivity contribution in [1.29, 1.82) is 0 Å². The van der Waals surface area contributed by atoms with Gasteiger partial charge in [-0.05, 0) is 60.1 Å². The van der Waals surface area contributed by atoms with Crippen LogP contribution in [0, 0.1) is 0 Å². The molecule has 2 aromatic carbocycles. The zero-order valence-corrected chi connectivity index (χ0v) is 45.6. The number of hydrogen-bond donors (Lipinski definition) is 0. The van der Waals surface area contributed by atoms with Gasteiger partial charge in [-0.25, -0.2) is 36.4 Å². The van der Waals surface area contributed by atoms with Crippen LogP contribution in [0.2, 0.25) is 10.0 Å². The molecule has 0 aliphatic carbocycles. The van der Waals surface area contributed by atoms with Crippen LogP contribution in [0.5, 0.6) is 0 Å². The standard InChI is InChI=1S/C18H18ClF3N2O4S.C16H14ClF3N2O4S.C5H11O.C2H5I.K/c1-3-14(15-16(17(25)28-4-2)24-9-8-23-15)29(26,27)10-11-12(18(20,21)22)6-5-7-13(11)19;1-2-26-15(23)14-13(21-6-7-22-14)9-27(24,25)8-10-11(16(18,19)20)4-3-5-12(10)17;1-4-5(2,3)6;1-2-3;/h5-9,14H,3-4,10H2,1-2H3;3-7H,2,8-9H2,1H3;4H2,1-3H3;2H2,1H3;/q;;-1;;+1. The minimum atomic E-state index is -4.78. The van der Waals surface area contributed by atoms with Crippen molar-refractivity contribution in [3.63, 3.8) is 0 Å². The van der Waals surface area contributed by atoms with Crippen LogP contribution in [0.1, 0.15) is 121 Å². The number of hydrogen-bond acceptors (Lipinski definition) is 13. The zero-order chi connectivity index (χ0) is 50.0. The molecule has 2 aromatic heterocycles. The average molecular weight is 1160 g/mol. The second kappa shape index (κ2) is 29.2. The largest absolute Gasteiger partial charge is 1.00 e. The first-order valence-electron chi connectivity index (χ1n) is 19.4. The van der Waals surface area contributed by atoms with E-state index < -0.39 is 94.3 Å². The van der Waals surface area contributed by atoms with Crippen molar-refractivity contribution in [2.24, 2.45) is 0 Å². The monoisotopic (exact) mass is 1150 g/mol. The second-order valence-electron chi connectivity index (χ2n) is 13.7. The van der Waals surface area contributed by atoms with Gasteiger partial charge < -0.3 is 14.6 Å². The third kappa shape index (κ3) is 21.3. The first-order valence-corrected chi connectivity index (χ1v) is 25.2. The van der Waals surface area contributed by atoms with Crippen molar-refractivity contribution in [3.05, 3.63) is 116 Å². The molecule has 0 fully saturated rings. The van der Waals surface area contributed by atoms with Crippen LogP contribution >= 0.6 is 45.8 Å². The van der Waals surface area contributed by atoms with Crippen molar-refractivity contribution >= 4 is 77.4 Å². The maximum atomic E-state index is 13.3. The molecule has 0 amide bonds. The summed E-state index contributed by atoms with van der Waals surface area (Å²) in [6, 6.07) is 6.07. The van der Waals surface area contributed by atoms with Gasteiger partial charge in [-0.1, -0.05) is 99.0 Å². The molecule has 66 heavy (non-hydrogen) atoms. The Bertz CT molecular complexity index is 2420. The summed E-state index contributed by atoms with van der Waals surface area (Å²) in [5.74, 6) is -4.47. The number of ether oxygens (including phenoxy) is 2. The predicted molar refractivity (Wildman–Crippen MR) is 240 cm³/mol. The Balaban J connectivity index is 0.00000107. The summed E-state index contributed by atoms with van der Waals surface area (Å²) in [5.41, 5.74) is -5.07. The van der Waals surface area contributed by atoms with Crippen LogP contribution in [-0.2, 0) is 58.8 Å². The fraction of sp³-hybridized carbons (Fsp3) is 0.463. The first-order chi connectivity index (χ1) is 30.0. The van der Waals surface area contributed by atoms with Crippen molar-refractivity contribution in [1.82, 2.24) is 19.9 Å². The molecule has 362 valence electrons. The van der Waals surface area contributed by atoms with Gasteiger partial charge in [-0.15, -0.1) is 5.60 Å². The van der Waals surface area contributed by atoms with Gasteiger partial charge in [-0.3, -0.25) is 9.97 Å². The molecule has 1 unspecified atom stereocenters. The zero-order valence-electron chi connectivity index (χ0n) is 37.2. The molecule has 0 N–H and O–H groups in total. The molecule has 0 bridgehead atoms. The molecular weight excluding hydrogens is 1110 g/mol. The van der Waals surface area contributed by atoms with E-state index in [0.717, 1.165) is 24.3 Å². The van der Waals surface area contributed by atoms with E-state index >= 15 is 0 Å². The molecule has 0 saturated carbocycles. The third-order valence-corrected chi connectivity index (χ3v) is 12.6. The fourth-order valence-corrected chi connectivity index (χ4v) is 9.18. The van der Waals surface area contributed by atoms with Gasteiger partial charge in [0.25, 0.3) is 0 Å². The smallest absolute Gasteiger partial charge is 0.850 e. The Labute approximate surface area is 447 Å². The molecule has 0 radical (unpaired) electrons. The quantitative estimate of drug-likeness (QED) is 0.0420.